The smallest absolute Gasteiger partial charge is 0.326 e. The quantitative estimate of drug-likeness (QED) is 0.374. The number of nitrogens with zero attached hydrogens (tertiary/aromatic N) is 1. The van der Waals surface area contributed by atoms with Crippen LogP contribution in [-0.4, -0.2) is 44.9 Å². The third-order valence-corrected chi connectivity index (χ3v) is 2.35. The Morgan fingerprint density at radius 3 is 2.63 bits per heavy atom. The van der Waals surface area contributed by atoms with Crippen LogP contribution in [0.3, 0.4) is 0 Å². The van der Waals surface area contributed by atoms with E-state index in [1.54, 1.807) is 0 Å². The molecule has 1 aromatic rings. The molecule has 0 aliphatic heterocycles. The molecule has 0 aromatic carbocycles. The standard InChI is InChI=1S/C10H15N5O4/c11-6(2-8(12)16)9(17)15-7(10(18)19)1-5-3-13-4-14-5/h3-4,6-7H,1-2,11H2,(H2,12,16)(H,13,14)(H,15,17)(H,18,19)/t6?,7-/m1/s1. The number of primary amides is 1. The summed E-state index contributed by atoms with van der Waals surface area (Å²) in [6.45, 7) is 0. The molecule has 2 atom stereocenters. The highest BCUT2D eigenvalue weighted by Gasteiger charge is 2.24. The van der Waals surface area contributed by atoms with Crippen molar-refractivity contribution in [1.82, 2.24) is 15.3 Å². The average Bonchev–Trinajstić information content (AvgIpc) is 2.79. The van der Waals surface area contributed by atoms with Crippen LogP contribution in [0.5, 0.6) is 0 Å². The van der Waals surface area contributed by atoms with E-state index in [0.717, 1.165) is 0 Å². The largest absolute Gasteiger partial charge is 0.480 e. The van der Waals surface area contributed by atoms with Gasteiger partial charge in [-0.25, -0.2) is 9.78 Å². The van der Waals surface area contributed by atoms with Gasteiger partial charge in [0.05, 0.1) is 18.8 Å². The lowest BCUT2D eigenvalue weighted by atomic mass is 10.1. The molecule has 1 rings (SSSR count). The molecule has 9 nitrogen and oxygen atoms in total. The van der Waals surface area contributed by atoms with Crippen molar-refractivity contribution in [2.45, 2.75) is 24.9 Å². The van der Waals surface area contributed by atoms with E-state index in [9.17, 15) is 14.4 Å². The number of imidazole rings is 1. The number of carboxylic acid groups (broad SMARTS) is 1. The number of carboxylic acids is 1. The second-order valence-electron chi connectivity index (χ2n) is 3.96. The Kier molecular flexibility index (Phi) is 5.01. The number of aliphatic carboxylic acids is 1. The second kappa shape index (κ2) is 6.50. The molecule has 0 fully saturated rings. The first-order valence-corrected chi connectivity index (χ1v) is 5.44. The maximum absolute atomic E-state index is 11.6. The van der Waals surface area contributed by atoms with Gasteiger partial charge >= 0.3 is 5.97 Å². The third-order valence-electron chi connectivity index (χ3n) is 2.35. The van der Waals surface area contributed by atoms with Crippen molar-refractivity contribution in [3.63, 3.8) is 0 Å². The van der Waals surface area contributed by atoms with Crippen molar-refractivity contribution in [3.05, 3.63) is 18.2 Å². The predicted octanol–water partition coefficient (Wildman–Crippen LogP) is -2.28. The molecule has 0 aliphatic rings. The Morgan fingerprint density at radius 2 is 2.16 bits per heavy atom. The molecule has 0 saturated heterocycles. The fourth-order valence-electron chi connectivity index (χ4n) is 1.40. The Bertz CT molecular complexity index is 458. The van der Waals surface area contributed by atoms with Crippen molar-refractivity contribution in [1.29, 1.82) is 0 Å². The zero-order valence-electron chi connectivity index (χ0n) is 10.00. The number of aromatic nitrogens is 2. The predicted molar refractivity (Wildman–Crippen MR) is 63.6 cm³/mol. The monoisotopic (exact) mass is 269 g/mol. The molecule has 19 heavy (non-hydrogen) atoms. The number of nitrogens with one attached hydrogen (secondary N) is 2. The molecule has 9 heteroatoms. The molecule has 0 aliphatic carbocycles. The topological polar surface area (TPSA) is 164 Å². The molecule has 104 valence electrons. The molecule has 1 heterocycles. The van der Waals surface area contributed by atoms with Crippen LogP contribution in [0.4, 0.5) is 0 Å². The summed E-state index contributed by atoms with van der Waals surface area (Å²) >= 11 is 0. The molecule has 0 radical (unpaired) electrons. The number of rotatable bonds is 7. The van der Waals surface area contributed by atoms with Gasteiger partial charge in [-0.2, -0.15) is 0 Å². The number of H-pyrrole nitrogens is 1. The summed E-state index contributed by atoms with van der Waals surface area (Å²) in [6.07, 6.45) is 2.53. The maximum atomic E-state index is 11.6. The normalized spacial score (nSPS) is 13.5. The van der Waals surface area contributed by atoms with E-state index < -0.39 is 29.9 Å². The number of nitrogens with two attached hydrogens (primary N) is 2. The Hall–Kier alpha value is -2.42. The number of carbonyl (C=O) groups is 3. The van der Waals surface area contributed by atoms with Crippen LogP contribution < -0.4 is 16.8 Å². The highest BCUT2D eigenvalue weighted by molar-refractivity contribution is 5.90. The number of hydrogen-bond donors (Lipinski definition) is 5. The van der Waals surface area contributed by atoms with Crippen molar-refractivity contribution in [3.8, 4) is 0 Å². The van der Waals surface area contributed by atoms with E-state index in [0.29, 0.717) is 5.69 Å². The first-order chi connectivity index (χ1) is 8.90. The molecule has 7 N–H and O–H groups in total. The molecule has 1 unspecified atom stereocenters. The third kappa shape index (κ3) is 4.76. The molecular weight excluding hydrogens is 254 g/mol. The SMILES string of the molecule is NC(=O)CC(N)C(=O)N[C@H](Cc1cnc[nH]1)C(=O)O. The summed E-state index contributed by atoms with van der Waals surface area (Å²) in [4.78, 5) is 39.7. The van der Waals surface area contributed by atoms with Gasteiger partial charge in [-0.3, -0.25) is 9.59 Å². The molecule has 0 saturated carbocycles. The van der Waals surface area contributed by atoms with Crippen molar-refractivity contribution >= 4 is 17.8 Å². The van der Waals surface area contributed by atoms with Gasteiger partial charge in [-0.15, -0.1) is 0 Å². The van der Waals surface area contributed by atoms with Crippen LogP contribution in [0.25, 0.3) is 0 Å². The Labute approximate surface area is 108 Å². The highest BCUT2D eigenvalue weighted by atomic mass is 16.4. The van der Waals surface area contributed by atoms with Crippen LogP contribution >= 0.6 is 0 Å². The van der Waals surface area contributed by atoms with Crippen LogP contribution in [0.1, 0.15) is 12.1 Å². The molecule has 0 spiro atoms. The van der Waals surface area contributed by atoms with Crippen molar-refractivity contribution in [2.75, 3.05) is 0 Å². The maximum Gasteiger partial charge on any atom is 0.326 e. The summed E-state index contributed by atoms with van der Waals surface area (Å²) in [5.74, 6) is -2.69. The van der Waals surface area contributed by atoms with Gasteiger partial charge in [-0.1, -0.05) is 0 Å². The lowest BCUT2D eigenvalue weighted by molar-refractivity contribution is -0.142. The van der Waals surface area contributed by atoms with Crippen LogP contribution in [0.15, 0.2) is 12.5 Å². The van der Waals surface area contributed by atoms with Gasteiger partial charge in [0.15, 0.2) is 0 Å². The molecule has 1 aromatic heterocycles. The van der Waals surface area contributed by atoms with Crippen LogP contribution in [-0.2, 0) is 20.8 Å². The van der Waals surface area contributed by atoms with E-state index in [1.165, 1.54) is 12.5 Å². The summed E-state index contributed by atoms with van der Waals surface area (Å²) < 4.78 is 0. The average molecular weight is 269 g/mol. The van der Waals surface area contributed by atoms with E-state index in [1.807, 2.05) is 0 Å². The van der Waals surface area contributed by atoms with E-state index in [4.69, 9.17) is 16.6 Å². The van der Waals surface area contributed by atoms with Crippen molar-refractivity contribution < 1.29 is 19.5 Å². The van der Waals surface area contributed by atoms with E-state index in [-0.39, 0.29) is 12.8 Å². The second-order valence-corrected chi connectivity index (χ2v) is 3.96. The summed E-state index contributed by atoms with van der Waals surface area (Å²) in [6, 6.07) is -2.33. The van der Waals surface area contributed by atoms with E-state index in [2.05, 4.69) is 15.3 Å². The van der Waals surface area contributed by atoms with E-state index >= 15 is 0 Å². The van der Waals surface area contributed by atoms with Gasteiger partial charge in [0.1, 0.15) is 6.04 Å². The molecule has 2 amide bonds. The highest BCUT2D eigenvalue weighted by Crippen LogP contribution is 2.00. The number of hydrogen-bond acceptors (Lipinski definition) is 5. The minimum absolute atomic E-state index is 0.0321. The minimum atomic E-state index is -1.21. The van der Waals surface area contributed by atoms with Crippen molar-refractivity contribution in [2.24, 2.45) is 11.5 Å². The zero-order chi connectivity index (χ0) is 14.4. The summed E-state index contributed by atoms with van der Waals surface area (Å²) in [7, 11) is 0. The molecule has 0 bridgehead atoms. The fourth-order valence-corrected chi connectivity index (χ4v) is 1.40. The first-order valence-electron chi connectivity index (χ1n) is 5.44. The number of aromatic amines is 1. The Morgan fingerprint density at radius 1 is 1.47 bits per heavy atom. The van der Waals surface area contributed by atoms with Crippen LogP contribution in [0, 0.1) is 0 Å². The minimum Gasteiger partial charge on any atom is -0.480 e. The summed E-state index contributed by atoms with van der Waals surface area (Å²) in [5, 5.41) is 11.2. The van der Waals surface area contributed by atoms with Gasteiger partial charge in [0, 0.05) is 18.3 Å². The summed E-state index contributed by atoms with van der Waals surface area (Å²) in [5.41, 5.74) is 10.9. The molecular formula is C10H15N5O4. The zero-order valence-corrected chi connectivity index (χ0v) is 10.00. The first kappa shape index (κ1) is 14.6. The van der Waals surface area contributed by atoms with Gasteiger partial charge in [0.2, 0.25) is 11.8 Å². The number of carbonyl (C=O) groups excluding carboxylic acids is 2. The van der Waals surface area contributed by atoms with Gasteiger partial charge < -0.3 is 26.9 Å². The van der Waals surface area contributed by atoms with Gasteiger partial charge in [-0.05, 0) is 0 Å². The lowest BCUT2D eigenvalue weighted by Crippen LogP contribution is -2.50. The van der Waals surface area contributed by atoms with Gasteiger partial charge in [0.25, 0.3) is 0 Å². The Balaban J connectivity index is 2.61. The number of amides is 2. The fraction of sp³-hybridized carbons (Fsp3) is 0.400. The lowest BCUT2D eigenvalue weighted by Gasteiger charge is -2.16. The van der Waals surface area contributed by atoms with Crippen LogP contribution in [0.2, 0.25) is 0 Å².